The number of carboxylic acids is 1. The number of benzene rings is 1. The fourth-order valence-corrected chi connectivity index (χ4v) is 3.35. The Morgan fingerprint density at radius 2 is 2.04 bits per heavy atom. The van der Waals surface area contributed by atoms with Crippen molar-refractivity contribution in [1.82, 2.24) is 9.88 Å². The van der Waals surface area contributed by atoms with E-state index in [1.54, 1.807) is 4.90 Å². The van der Waals surface area contributed by atoms with Crippen molar-refractivity contribution in [2.45, 2.75) is 13.3 Å². The summed E-state index contributed by atoms with van der Waals surface area (Å²) < 4.78 is 5.34. The Bertz CT molecular complexity index is 790. The molecule has 1 aromatic heterocycles. The molecular weight excluding hydrogens is 308 g/mol. The summed E-state index contributed by atoms with van der Waals surface area (Å²) in [5.74, 6) is -1.04. The van der Waals surface area contributed by atoms with Gasteiger partial charge in [-0.1, -0.05) is 25.1 Å². The van der Waals surface area contributed by atoms with Crippen LogP contribution in [0.3, 0.4) is 0 Å². The van der Waals surface area contributed by atoms with Gasteiger partial charge in [0.05, 0.1) is 30.3 Å². The fourth-order valence-electron chi connectivity index (χ4n) is 3.35. The Labute approximate surface area is 140 Å². The van der Waals surface area contributed by atoms with Crippen LogP contribution in [0, 0.1) is 11.8 Å². The molecule has 3 rings (SSSR count). The summed E-state index contributed by atoms with van der Waals surface area (Å²) in [5, 5.41) is 10.0. The van der Waals surface area contributed by atoms with Gasteiger partial charge in [0.25, 0.3) is 5.91 Å². The van der Waals surface area contributed by atoms with Crippen LogP contribution in [0.5, 0.6) is 5.75 Å². The minimum absolute atomic E-state index is 0.142. The third-order valence-electron chi connectivity index (χ3n) is 4.47. The van der Waals surface area contributed by atoms with E-state index in [9.17, 15) is 14.7 Å². The first-order valence-corrected chi connectivity index (χ1v) is 7.95. The second-order valence-corrected chi connectivity index (χ2v) is 6.30. The normalized spacial score (nSPS) is 20.8. The number of piperidine rings is 1. The third-order valence-corrected chi connectivity index (χ3v) is 4.47. The topological polar surface area (TPSA) is 79.7 Å². The standard InChI is InChI=1S/C18H20N2O4/c1-11-7-12(18(22)23)10-20(9-11)17(21)16-13-5-3-4-6-14(13)19-8-15(16)24-2/h3-6,8,11-12H,7,9-10H2,1-2H3,(H,22,23). The SMILES string of the molecule is COc1cnc2ccccc2c1C(=O)N1CC(C)CC(C(=O)O)C1. The van der Waals surface area contributed by atoms with Crippen LogP contribution < -0.4 is 4.74 Å². The minimum Gasteiger partial charge on any atom is -0.494 e. The van der Waals surface area contributed by atoms with Crippen LogP contribution in [0.2, 0.25) is 0 Å². The van der Waals surface area contributed by atoms with Crippen LogP contribution in [0.1, 0.15) is 23.7 Å². The van der Waals surface area contributed by atoms with Gasteiger partial charge in [0.15, 0.2) is 5.75 Å². The molecule has 2 atom stereocenters. The molecular formula is C18H20N2O4. The number of hydrogen-bond donors (Lipinski definition) is 1. The first kappa shape index (κ1) is 16.2. The van der Waals surface area contributed by atoms with E-state index in [2.05, 4.69) is 4.98 Å². The highest BCUT2D eigenvalue weighted by atomic mass is 16.5. The lowest BCUT2D eigenvalue weighted by molar-refractivity contribution is -0.143. The molecule has 2 unspecified atom stereocenters. The summed E-state index contributed by atoms with van der Waals surface area (Å²) in [7, 11) is 1.50. The molecule has 1 amide bonds. The number of hydrogen-bond acceptors (Lipinski definition) is 4. The van der Waals surface area contributed by atoms with Crippen LogP contribution in [0.25, 0.3) is 10.9 Å². The van der Waals surface area contributed by atoms with Gasteiger partial charge in [-0.2, -0.15) is 0 Å². The lowest BCUT2D eigenvalue weighted by Gasteiger charge is -2.35. The number of amides is 1. The van der Waals surface area contributed by atoms with Crippen molar-refractivity contribution >= 4 is 22.8 Å². The number of aliphatic carboxylic acids is 1. The molecule has 0 radical (unpaired) electrons. The maximum Gasteiger partial charge on any atom is 0.308 e. The number of likely N-dealkylation sites (tertiary alicyclic amines) is 1. The van der Waals surface area contributed by atoms with Gasteiger partial charge in [-0.3, -0.25) is 14.6 Å². The lowest BCUT2D eigenvalue weighted by Crippen LogP contribution is -2.45. The number of carbonyl (C=O) groups excluding carboxylic acids is 1. The molecule has 1 saturated heterocycles. The summed E-state index contributed by atoms with van der Waals surface area (Å²) in [6.07, 6.45) is 2.13. The molecule has 1 N–H and O–H groups in total. The highest BCUT2D eigenvalue weighted by Crippen LogP contribution is 2.30. The summed E-state index contributed by atoms with van der Waals surface area (Å²) >= 11 is 0. The van der Waals surface area contributed by atoms with Crippen molar-refractivity contribution in [3.05, 3.63) is 36.0 Å². The quantitative estimate of drug-likeness (QED) is 0.936. The molecule has 0 saturated carbocycles. The van der Waals surface area contributed by atoms with E-state index in [4.69, 9.17) is 4.74 Å². The number of pyridine rings is 1. The molecule has 2 aromatic rings. The van der Waals surface area contributed by atoms with Crippen LogP contribution in [0.15, 0.2) is 30.5 Å². The monoisotopic (exact) mass is 328 g/mol. The highest BCUT2D eigenvalue weighted by molar-refractivity contribution is 6.08. The average Bonchev–Trinajstić information content (AvgIpc) is 2.59. The summed E-state index contributed by atoms with van der Waals surface area (Å²) in [4.78, 5) is 30.4. The summed E-state index contributed by atoms with van der Waals surface area (Å²) in [5.41, 5.74) is 1.16. The van der Waals surface area contributed by atoms with E-state index in [1.807, 2.05) is 31.2 Å². The van der Waals surface area contributed by atoms with Crippen molar-refractivity contribution in [2.24, 2.45) is 11.8 Å². The molecule has 6 heteroatoms. The summed E-state index contributed by atoms with van der Waals surface area (Å²) in [6.45, 7) is 2.73. The van der Waals surface area contributed by atoms with Crippen molar-refractivity contribution in [2.75, 3.05) is 20.2 Å². The van der Waals surface area contributed by atoms with Crippen molar-refractivity contribution < 1.29 is 19.4 Å². The smallest absolute Gasteiger partial charge is 0.308 e. The lowest BCUT2D eigenvalue weighted by atomic mass is 9.90. The molecule has 1 aliphatic heterocycles. The van der Waals surface area contributed by atoms with E-state index in [0.29, 0.717) is 35.2 Å². The van der Waals surface area contributed by atoms with Gasteiger partial charge < -0.3 is 14.7 Å². The number of ether oxygens (including phenoxy) is 1. The van der Waals surface area contributed by atoms with Gasteiger partial charge in [-0.25, -0.2) is 0 Å². The number of carbonyl (C=O) groups is 2. The van der Waals surface area contributed by atoms with E-state index >= 15 is 0 Å². The van der Waals surface area contributed by atoms with E-state index in [1.165, 1.54) is 13.3 Å². The van der Waals surface area contributed by atoms with Gasteiger partial charge in [-0.05, 0) is 18.4 Å². The van der Waals surface area contributed by atoms with E-state index in [0.717, 1.165) is 0 Å². The molecule has 6 nitrogen and oxygen atoms in total. The van der Waals surface area contributed by atoms with Gasteiger partial charge in [0, 0.05) is 18.5 Å². The molecule has 0 aliphatic carbocycles. The molecule has 2 heterocycles. The highest BCUT2D eigenvalue weighted by Gasteiger charge is 2.33. The molecule has 126 valence electrons. The number of para-hydroxylation sites is 1. The first-order valence-electron chi connectivity index (χ1n) is 7.95. The van der Waals surface area contributed by atoms with Gasteiger partial charge >= 0.3 is 5.97 Å². The second kappa shape index (κ2) is 6.47. The first-order chi connectivity index (χ1) is 11.5. The predicted molar refractivity (Wildman–Crippen MR) is 89.1 cm³/mol. The Hall–Kier alpha value is -2.63. The Balaban J connectivity index is 2.03. The largest absolute Gasteiger partial charge is 0.494 e. The van der Waals surface area contributed by atoms with Crippen LogP contribution in [-0.4, -0.2) is 47.1 Å². The zero-order valence-electron chi connectivity index (χ0n) is 13.7. The Morgan fingerprint density at radius 1 is 1.29 bits per heavy atom. The van der Waals surface area contributed by atoms with Crippen LogP contribution >= 0.6 is 0 Å². The zero-order chi connectivity index (χ0) is 17.3. The van der Waals surface area contributed by atoms with Crippen LogP contribution in [-0.2, 0) is 4.79 Å². The molecule has 1 aromatic carbocycles. The van der Waals surface area contributed by atoms with E-state index < -0.39 is 11.9 Å². The zero-order valence-corrected chi connectivity index (χ0v) is 13.7. The number of fused-ring (bicyclic) bond motifs is 1. The number of nitrogens with zero attached hydrogens (tertiary/aromatic N) is 2. The molecule has 1 fully saturated rings. The second-order valence-electron chi connectivity index (χ2n) is 6.30. The maximum absolute atomic E-state index is 13.1. The molecule has 0 bridgehead atoms. The van der Waals surface area contributed by atoms with Gasteiger partial charge in [-0.15, -0.1) is 0 Å². The number of aromatic nitrogens is 1. The van der Waals surface area contributed by atoms with Crippen molar-refractivity contribution in [3.63, 3.8) is 0 Å². The van der Waals surface area contributed by atoms with Crippen molar-refractivity contribution in [3.8, 4) is 5.75 Å². The van der Waals surface area contributed by atoms with Crippen LogP contribution in [0.4, 0.5) is 0 Å². The fraction of sp³-hybridized carbons (Fsp3) is 0.389. The Kier molecular flexibility index (Phi) is 4.38. The number of methoxy groups -OCH3 is 1. The molecule has 1 aliphatic rings. The molecule has 0 spiro atoms. The van der Waals surface area contributed by atoms with E-state index in [-0.39, 0.29) is 18.4 Å². The predicted octanol–water partition coefficient (Wildman–Crippen LogP) is 2.43. The minimum atomic E-state index is -0.856. The van der Waals surface area contributed by atoms with Gasteiger partial charge in [0.2, 0.25) is 0 Å². The average molecular weight is 328 g/mol. The number of carboxylic acid groups (broad SMARTS) is 1. The summed E-state index contributed by atoms with van der Waals surface area (Å²) in [6, 6.07) is 7.38. The molecule has 24 heavy (non-hydrogen) atoms. The van der Waals surface area contributed by atoms with Gasteiger partial charge in [0.1, 0.15) is 0 Å². The van der Waals surface area contributed by atoms with Crippen molar-refractivity contribution in [1.29, 1.82) is 0 Å². The maximum atomic E-state index is 13.1. The number of rotatable bonds is 3. The third kappa shape index (κ3) is 2.91. The Morgan fingerprint density at radius 3 is 2.75 bits per heavy atom.